The van der Waals surface area contributed by atoms with Crippen molar-refractivity contribution in [3.05, 3.63) is 35.4 Å². The van der Waals surface area contributed by atoms with Gasteiger partial charge in [0.15, 0.2) is 0 Å². The average molecular weight is 231 g/mol. The van der Waals surface area contributed by atoms with E-state index in [1.807, 2.05) is 6.07 Å². The molecule has 1 fully saturated rings. The third kappa shape index (κ3) is 3.40. The number of piperidine rings is 1. The van der Waals surface area contributed by atoms with Gasteiger partial charge in [-0.05, 0) is 50.4 Å². The second-order valence-electron chi connectivity index (χ2n) is 4.92. The molecule has 2 heteroatoms. The highest BCUT2D eigenvalue weighted by Crippen LogP contribution is 2.17. The number of hydrogen-bond donors (Lipinski definition) is 1. The number of aryl methyl sites for hydroxylation is 2. The number of hydrogen-bond acceptors (Lipinski definition) is 2. The van der Waals surface area contributed by atoms with Crippen LogP contribution in [0.3, 0.4) is 0 Å². The SMILES string of the molecule is Cc1ccccc1CCC(=O)C1CCNCC1. The Kier molecular flexibility index (Phi) is 4.32. The van der Waals surface area contributed by atoms with E-state index in [2.05, 4.69) is 30.4 Å². The topological polar surface area (TPSA) is 29.1 Å². The molecular formula is C15H21NO. The predicted molar refractivity (Wildman–Crippen MR) is 70.1 cm³/mol. The zero-order chi connectivity index (χ0) is 12.1. The summed E-state index contributed by atoms with van der Waals surface area (Å²) >= 11 is 0. The van der Waals surface area contributed by atoms with Gasteiger partial charge in [0.1, 0.15) is 5.78 Å². The fourth-order valence-corrected chi connectivity index (χ4v) is 2.50. The van der Waals surface area contributed by atoms with Crippen LogP contribution in [-0.2, 0) is 11.2 Å². The molecule has 1 aliphatic rings. The van der Waals surface area contributed by atoms with Crippen molar-refractivity contribution in [2.75, 3.05) is 13.1 Å². The van der Waals surface area contributed by atoms with E-state index in [1.165, 1.54) is 11.1 Å². The van der Waals surface area contributed by atoms with Crippen molar-refractivity contribution < 1.29 is 4.79 Å². The summed E-state index contributed by atoms with van der Waals surface area (Å²) in [5.74, 6) is 0.759. The first kappa shape index (κ1) is 12.3. The lowest BCUT2D eigenvalue weighted by atomic mass is 9.90. The molecular weight excluding hydrogens is 210 g/mol. The van der Waals surface area contributed by atoms with E-state index in [0.717, 1.165) is 32.4 Å². The van der Waals surface area contributed by atoms with Crippen LogP contribution < -0.4 is 5.32 Å². The predicted octanol–water partition coefficient (Wildman–Crippen LogP) is 2.50. The van der Waals surface area contributed by atoms with Crippen LogP contribution in [0, 0.1) is 12.8 Å². The van der Waals surface area contributed by atoms with Crippen LogP contribution in [0.25, 0.3) is 0 Å². The number of benzene rings is 1. The number of carbonyl (C=O) groups is 1. The van der Waals surface area contributed by atoms with Crippen molar-refractivity contribution >= 4 is 5.78 Å². The van der Waals surface area contributed by atoms with E-state index in [-0.39, 0.29) is 0 Å². The van der Waals surface area contributed by atoms with Crippen LogP contribution in [0.1, 0.15) is 30.4 Å². The maximum Gasteiger partial charge on any atom is 0.136 e. The van der Waals surface area contributed by atoms with Crippen molar-refractivity contribution in [3.63, 3.8) is 0 Å². The van der Waals surface area contributed by atoms with Crippen molar-refractivity contribution in [1.82, 2.24) is 5.32 Å². The summed E-state index contributed by atoms with van der Waals surface area (Å²) in [6.45, 7) is 4.12. The van der Waals surface area contributed by atoms with Crippen LogP contribution in [0.5, 0.6) is 0 Å². The van der Waals surface area contributed by atoms with E-state index in [0.29, 0.717) is 18.1 Å². The van der Waals surface area contributed by atoms with E-state index < -0.39 is 0 Å². The van der Waals surface area contributed by atoms with Crippen LogP contribution in [0.2, 0.25) is 0 Å². The highest BCUT2D eigenvalue weighted by atomic mass is 16.1. The summed E-state index contributed by atoms with van der Waals surface area (Å²) in [4.78, 5) is 12.1. The maximum atomic E-state index is 12.1. The highest BCUT2D eigenvalue weighted by Gasteiger charge is 2.20. The van der Waals surface area contributed by atoms with E-state index in [1.54, 1.807) is 0 Å². The van der Waals surface area contributed by atoms with E-state index >= 15 is 0 Å². The van der Waals surface area contributed by atoms with Gasteiger partial charge in [-0.1, -0.05) is 24.3 Å². The molecule has 17 heavy (non-hydrogen) atoms. The molecule has 92 valence electrons. The van der Waals surface area contributed by atoms with Gasteiger partial charge in [0.25, 0.3) is 0 Å². The molecule has 0 bridgehead atoms. The van der Waals surface area contributed by atoms with Gasteiger partial charge in [-0.2, -0.15) is 0 Å². The Balaban J connectivity index is 1.85. The molecule has 0 saturated carbocycles. The van der Waals surface area contributed by atoms with Gasteiger partial charge in [-0.3, -0.25) is 4.79 Å². The lowest BCUT2D eigenvalue weighted by Gasteiger charge is -2.21. The Labute approximate surface area is 103 Å². The van der Waals surface area contributed by atoms with Crippen molar-refractivity contribution in [2.24, 2.45) is 5.92 Å². The highest BCUT2D eigenvalue weighted by molar-refractivity contribution is 5.81. The number of rotatable bonds is 4. The van der Waals surface area contributed by atoms with Gasteiger partial charge in [0.05, 0.1) is 0 Å². The molecule has 0 amide bonds. The normalized spacial score (nSPS) is 17.0. The van der Waals surface area contributed by atoms with Crippen molar-refractivity contribution in [3.8, 4) is 0 Å². The van der Waals surface area contributed by atoms with Crippen molar-refractivity contribution in [2.45, 2.75) is 32.6 Å². The Morgan fingerprint density at radius 1 is 1.29 bits per heavy atom. The molecule has 1 aromatic carbocycles. The lowest BCUT2D eigenvalue weighted by Crippen LogP contribution is -2.31. The first-order chi connectivity index (χ1) is 8.27. The third-order valence-corrected chi connectivity index (χ3v) is 3.70. The molecule has 2 rings (SSSR count). The lowest BCUT2D eigenvalue weighted by molar-refractivity contribution is -0.123. The molecule has 1 saturated heterocycles. The average Bonchev–Trinajstić information content (AvgIpc) is 2.38. The fraction of sp³-hybridized carbons (Fsp3) is 0.533. The molecule has 2 nitrogen and oxygen atoms in total. The summed E-state index contributed by atoms with van der Waals surface area (Å²) in [6, 6.07) is 8.35. The molecule has 1 heterocycles. The molecule has 0 unspecified atom stereocenters. The standard InChI is InChI=1S/C15H21NO/c1-12-4-2-3-5-13(12)6-7-15(17)14-8-10-16-11-9-14/h2-5,14,16H,6-11H2,1H3. The maximum absolute atomic E-state index is 12.1. The minimum atomic E-state index is 0.306. The van der Waals surface area contributed by atoms with Gasteiger partial charge in [-0.15, -0.1) is 0 Å². The second kappa shape index (κ2) is 5.97. The van der Waals surface area contributed by atoms with Gasteiger partial charge in [0, 0.05) is 12.3 Å². The van der Waals surface area contributed by atoms with Crippen LogP contribution in [-0.4, -0.2) is 18.9 Å². The monoisotopic (exact) mass is 231 g/mol. The molecule has 0 atom stereocenters. The minimum absolute atomic E-state index is 0.306. The smallest absolute Gasteiger partial charge is 0.136 e. The van der Waals surface area contributed by atoms with Gasteiger partial charge < -0.3 is 5.32 Å². The summed E-state index contributed by atoms with van der Waals surface area (Å²) < 4.78 is 0. The van der Waals surface area contributed by atoms with E-state index in [9.17, 15) is 4.79 Å². The molecule has 0 spiro atoms. The summed E-state index contributed by atoms with van der Waals surface area (Å²) in [5, 5.41) is 3.30. The Morgan fingerprint density at radius 2 is 2.00 bits per heavy atom. The Morgan fingerprint density at radius 3 is 2.71 bits per heavy atom. The number of ketones is 1. The number of carbonyl (C=O) groups excluding carboxylic acids is 1. The summed E-state index contributed by atoms with van der Waals surface area (Å²) in [6.07, 6.45) is 3.64. The van der Waals surface area contributed by atoms with E-state index in [4.69, 9.17) is 0 Å². The van der Waals surface area contributed by atoms with Gasteiger partial charge in [0.2, 0.25) is 0 Å². The molecule has 1 N–H and O–H groups in total. The first-order valence-electron chi connectivity index (χ1n) is 6.55. The van der Waals surface area contributed by atoms with Crippen LogP contribution in [0.15, 0.2) is 24.3 Å². The molecule has 0 radical (unpaired) electrons. The third-order valence-electron chi connectivity index (χ3n) is 3.70. The Bertz CT molecular complexity index is 380. The largest absolute Gasteiger partial charge is 0.317 e. The second-order valence-corrected chi connectivity index (χ2v) is 4.92. The fourth-order valence-electron chi connectivity index (χ4n) is 2.50. The Hall–Kier alpha value is -1.15. The number of nitrogens with one attached hydrogen (secondary N) is 1. The molecule has 0 aromatic heterocycles. The molecule has 1 aromatic rings. The first-order valence-corrected chi connectivity index (χ1v) is 6.55. The zero-order valence-electron chi connectivity index (χ0n) is 10.5. The zero-order valence-corrected chi connectivity index (χ0v) is 10.5. The summed E-state index contributed by atoms with van der Waals surface area (Å²) in [5.41, 5.74) is 2.61. The van der Waals surface area contributed by atoms with Crippen LogP contribution in [0.4, 0.5) is 0 Å². The molecule has 0 aliphatic carbocycles. The number of Topliss-reactive ketones (excluding diaryl/α,β-unsaturated/α-hetero) is 1. The molecule has 1 aliphatic heterocycles. The van der Waals surface area contributed by atoms with Gasteiger partial charge in [-0.25, -0.2) is 0 Å². The quantitative estimate of drug-likeness (QED) is 0.862. The van der Waals surface area contributed by atoms with Gasteiger partial charge >= 0.3 is 0 Å². The summed E-state index contributed by atoms with van der Waals surface area (Å²) in [7, 11) is 0. The van der Waals surface area contributed by atoms with Crippen LogP contribution >= 0.6 is 0 Å². The minimum Gasteiger partial charge on any atom is -0.317 e. The van der Waals surface area contributed by atoms with Crippen molar-refractivity contribution in [1.29, 1.82) is 0 Å².